The molecule has 16 heavy (non-hydrogen) atoms. The topological polar surface area (TPSA) is 30.5 Å². The third-order valence-electron chi connectivity index (χ3n) is 3.61. The summed E-state index contributed by atoms with van der Waals surface area (Å²) >= 11 is 0. The number of piperidine rings is 1. The van der Waals surface area contributed by atoms with Crippen molar-refractivity contribution in [1.29, 1.82) is 0 Å². The number of nitrogens with one attached hydrogen (secondary N) is 1. The zero-order valence-corrected chi connectivity index (χ0v) is 10.6. The molecule has 2 unspecified atom stereocenters. The molecule has 0 spiro atoms. The molecule has 0 amide bonds. The lowest BCUT2D eigenvalue weighted by Crippen LogP contribution is -2.33. The molecule has 0 aliphatic carbocycles. The molecule has 3 nitrogen and oxygen atoms in total. The Balaban J connectivity index is 1.58. The fraction of sp³-hybridized carbons (Fsp3) is 1.00. The van der Waals surface area contributed by atoms with E-state index in [9.17, 15) is 0 Å². The van der Waals surface area contributed by atoms with Gasteiger partial charge in [-0.05, 0) is 52.0 Å². The van der Waals surface area contributed by atoms with Crippen LogP contribution in [0.4, 0.5) is 0 Å². The summed E-state index contributed by atoms with van der Waals surface area (Å²) in [6.07, 6.45) is 5.24. The van der Waals surface area contributed by atoms with Gasteiger partial charge < -0.3 is 14.8 Å². The van der Waals surface area contributed by atoms with Crippen LogP contribution in [0.15, 0.2) is 0 Å². The van der Waals surface area contributed by atoms with Gasteiger partial charge >= 0.3 is 0 Å². The highest BCUT2D eigenvalue weighted by atomic mass is 16.5. The minimum atomic E-state index is 0.0699. The Morgan fingerprint density at radius 3 is 2.81 bits per heavy atom. The Morgan fingerprint density at radius 2 is 2.19 bits per heavy atom. The van der Waals surface area contributed by atoms with Crippen LogP contribution in [0.5, 0.6) is 0 Å². The minimum Gasteiger partial charge on any atom is -0.378 e. The summed E-state index contributed by atoms with van der Waals surface area (Å²) in [6, 6.07) is 0. The van der Waals surface area contributed by atoms with Gasteiger partial charge in [-0.25, -0.2) is 0 Å². The van der Waals surface area contributed by atoms with Crippen molar-refractivity contribution in [1.82, 2.24) is 5.32 Å². The highest BCUT2D eigenvalue weighted by molar-refractivity contribution is 4.80. The van der Waals surface area contributed by atoms with Crippen LogP contribution in [0.3, 0.4) is 0 Å². The van der Waals surface area contributed by atoms with Gasteiger partial charge in [-0.1, -0.05) is 0 Å². The first-order chi connectivity index (χ1) is 7.66. The zero-order valence-electron chi connectivity index (χ0n) is 10.6. The maximum Gasteiger partial charge on any atom is 0.0816 e. The standard InChI is InChI=1S/C13H25NO2/c1-13(2)6-5-12(16-13)10-15-9-11-4-3-7-14-8-11/h11-12,14H,3-10H2,1-2H3. The quantitative estimate of drug-likeness (QED) is 0.796. The van der Waals surface area contributed by atoms with Crippen LogP contribution in [0.1, 0.15) is 39.5 Å². The van der Waals surface area contributed by atoms with E-state index in [1.165, 1.54) is 19.4 Å². The lowest BCUT2D eigenvalue weighted by molar-refractivity contribution is -0.0584. The van der Waals surface area contributed by atoms with Gasteiger partial charge in [0, 0.05) is 6.54 Å². The molecule has 0 aromatic carbocycles. The van der Waals surface area contributed by atoms with Crippen molar-refractivity contribution in [2.75, 3.05) is 26.3 Å². The zero-order chi connectivity index (χ0) is 11.4. The van der Waals surface area contributed by atoms with Gasteiger partial charge in [0.1, 0.15) is 0 Å². The van der Waals surface area contributed by atoms with Crippen LogP contribution < -0.4 is 5.32 Å². The monoisotopic (exact) mass is 227 g/mol. The normalized spacial score (nSPS) is 34.1. The first-order valence-corrected chi connectivity index (χ1v) is 6.62. The van der Waals surface area contributed by atoms with Gasteiger partial charge in [0.05, 0.1) is 24.9 Å². The molecule has 0 saturated carbocycles. The second-order valence-electron chi connectivity index (χ2n) is 5.79. The highest BCUT2D eigenvalue weighted by Gasteiger charge is 2.31. The predicted molar refractivity (Wildman–Crippen MR) is 64.6 cm³/mol. The van der Waals surface area contributed by atoms with Gasteiger partial charge in [-0.15, -0.1) is 0 Å². The first-order valence-electron chi connectivity index (χ1n) is 6.62. The number of hydrogen-bond donors (Lipinski definition) is 1. The van der Waals surface area contributed by atoms with Crippen molar-refractivity contribution in [2.24, 2.45) is 5.92 Å². The lowest BCUT2D eigenvalue weighted by atomic mass is 10.0. The van der Waals surface area contributed by atoms with Gasteiger partial charge in [0.2, 0.25) is 0 Å². The minimum absolute atomic E-state index is 0.0699. The van der Waals surface area contributed by atoms with E-state index in [1.807, 2.05) is 0 Å². The maximum absolute atomic E-state index is 5.90. The second kappa shape index (κ2) is 5.48. The molecule has 2 atom stereocenters. The van der Waals surface area contributed by atoms with Gasteiger partial charge in [-0.2, -0.15) is 0 Å². The van der Waals surface area contributed by atoms with Crippen LogP contribution in [0.2, 0.25) is 0 Å². The predicted octanol–water partition coefficient (Wildman–Crippen LogP) is 1.96. The molecule has 0 aromatic heterocycles. The molecule has 2 aliphatic rings. The van der Waals surface area contributed by atoms with Crippen molar-refractivity contribution in [2.45, 2.75) is 51.2 Å². The summed E-state index contributed by atoms with van der Waals surface area (Å²) < 4.78 is 11.7. The number of ether oxygens (including phenoxy) is 2. The summed E-state index contributed by atoms with van der Waals surface area (Å²) in [7, 11) is 0. The summed E-state index contributed by atoms with van der Waals surface area (Å²) in [4.78, 5) is 0. The second-order valence-corrected chi connectivity index (χ2v) is 5.79. The largest absolute Gasteiger partial charge is 0.378 e. The lowest BCUT2D eigenvalue weighted by Gasteiger charge is -2.24. The number of rotatable bonds is 4. The van der Waals surface area contributed by atoms with Crippen molar-refractivity contribution in [3.05, 3.63) is 0 Å². The summed E-state index contributed by atoms with van der Waals surface area (Å²) in [6.45, 7) is 8.30. The smallest absolute Gasteiger partial charge is 0.0816 e. The van der Waals surface area contributed by atoms with Crippen LogP contribution in [0, 0.1) is 5.92 Å². The van der Waals surface area contributed by atoms with E-state index in [2.05, 4.69) is 19.2 Å². The fourth-order valence-corrected chi connectivity index (χ4v) is 2.63. The average Bonchev–Trinajstić information content (AvgIpc) is 2.60. The van der Waals surface area contributed by atoms with E-state index in [-0.39, 0.29) is 5.60 Å². The highest BCUT2D eigenvalue weighted by Crippen LogP contribution is 2.29. The van der Waals surface area contributed by atoms with Crippen LogP contribution >= 0.6 is 0 Å². The molecular weight excluding hydrogens is 202 g/mol. The van der Waals surface area contributed by atoms with E-state index >= 15 is 0 Å². The van der Waals surface area contributed by atoms with Crippen LogP contribution in [0.25, 0.3) is 0 Å². The van der Waals surface area contributed by atoms with Crippen molar-refractivity contribution >= 4 is 0 Å². The molecule has 2 fully saturated rings. The Morgan fingerprint density at radius 1 is 1.31 bits per heavy atom. The Kier molecular flexibility index (Phi) is 4.22. The van der Waals surface area contributed by atoms with Gasteiger partial charge in [-0.3, -0.25) is 0 Å². The molecule has 3 heteroatoms. The SMILES string of the molecule is CC1(C)CCC(COCC2CCCNC2)O1. The van der Waals surface area contributed by atoms with Crippen LogP contribution in [-0.2, 0) is 9.47 Å². The summed E-state index contributed by atoms with van der Waals surface area (Å²) in [5.41, 5.74) is 0.0699. The molecule has 0 aromatic rings. The fourth-order valence-electron chi connectivity index (χ4n) is 2.63. The van der Waals surface area contributed by atoms with Crippen LogP contribution in [-0.4, -0.2) is 38.0 Å². The maximum atomic E-state index is 5.90. The molecule has 0 radical (unpaired) electrons. The Bertz CT molecular complexity index is 212. The Labute approximate surface area is 98.9 Å². The van der Waals surface area contributed by atoms with E-state index < -0.39 is 0 Å². The van der Waals surface area contributed by atoms with Gasteiger partial charge in [0.15, 0.2) is 0 Å². The Hall–Kier alpha value is -0.120. The summed E-state index contributed by atoms with van der Waals surface area (Å²) in [5.74, 6) is 0.711. The third-order valence-corrected chi connectivity index (χ3v) is 3.61. The van der Waals surface area contributed by atoms with E-state index in [0.29, 0.717) is 12.0 Å². The molecule has 1 N–H and O–H groups in total. The molecule has 2 rings (SSSR count). The summed E-state index contributed by atoms with van der Waals surface area (Å²) in [5, 5.41) is 3.42. The molecular formula is C13H25NO2. The van der Waals surface area contributed by atoms with E-state index in [4.69, 9.17) is 9.47 Å². The van der Waals surface area contributed by atoms with Crippen molar-refractivity contribution < 1.29 is 9.47 Å². The van der Waals surface area contributed by atoms with E-state index in [0.717, 1.165) is 32.6 Å². The molecule has 2 saturated heterocycles. The van der Waals surface area contributed by atoms with Gasteiger partial charge in [0.25, 0.3) is 0 Å². The third kappa shape index (κ3) is 3.72. The average molecular weight is 227 g/mol. The molecule has 2 aliphatic heterocycles. The molecule has 94 valence electrons. The molecule has 0 bridgehead atoms. The number of hydrogen-bond acceptors (Lipinski definition) is 3. The molecule has 2 heterocycles. The van der Waals surface area contributed by atoms with Crippen molar-refractivity contribution in [3.63, 3.8) is 0 Å². The first kappa shape index (κ1) is 12.3. The van der Waals surface area contributed by atoms with Crippen molar-refractivity contribution in [3.8, 4) is 0 Å². The van der Waals surface area contributed by atoms with E-state index in [1.54, 1.807) is 0 Å².